The first-order chi connectivity index (χ1) is 12.4. The van der Waals surface area contributed by atoms with Gasteiger partial charge in [0.15, 0.2) is 5.54 Å². The van der Waals surface area contributed by atoms with Crippen LogP contribution in [0.4, 0.5) is 4.79 Å². The molecular weight excluding hydrogens is 358 g/mol. The first kappa shape index (κ1) is 22.8. The molecule has 1 rings (SSSR count). The Labute approximate surface area is 157 Å². The van der Waals surface area contributed by atoms with Gasteiger partial charge in [-0.25, -0.2) is 9.59 Å². The highest BCUT2D eigenvalue weighted by Crippen LogP contribution is 2.20. The van der Waals surface area contributed by atoms with E-state index in [9.17, 15) is 35.1 Å². The third-order valence-corrected chi connectivity index (χ3v) is 3.87. The van der Waals surface area contributed by atoms with Crippen molar-refractivity contribution in [3.63, 3.8) is 0 Å². The summed E-state index contributed by atoms with van der Waals surface area (Å²) in [5.74, 6) is -1.80. The highest BCUT2D eigenvalue weighted by molar-refractivity contribution is 5.85. The highest BCUT2D eigenvalue weighted by atomic mass is 16.6. The molecule has 0 radical (unpaired) electrons. The molecule has 1 aromatic carbocycles. The summed E-state index contributed by atoms with van der Waals surface area (Å²) in [7, 11) is 0. The molecule has 152 valence electrons. The van der Waals surface area contributed by atoms with Crippen molar-refractivity contribution >= 4 is 12.1 Å². The van der Waals surface area contributed by atoms with Gasteiger partial charge in [-0.2, -0.15) is 0 Å². The molecule has 4 atom stereocenters. The summed E-state index contributed by atoms with van der Waals surface area (Å²) >= 11 is 0. The van der Waals surface area contributed by atoms with E-state index in [4.69, 9.17) is 4.74 Å². The quantitative estimate of drug-likeness (QED) is 0.355. The zero-order valence-electron chi connectivity index (χ0n) is 15.5. The molecular formula is C18H27NO8. The second-order valence-corrected chi connectivity index (χ2v) is 7.25. The fraction of sp³-hybridized carbons (Fsp3) is 0.556. The number of nitrogens with one attached hydrogen (secondary N) is 1. The Hall–Kier alpha value is -2.20. The largest absolute Gasteiger partial charge is 0.479 e. The standard InChI is InChI=1S/C18H27NO8/c1-17(2,3)27-16(26)19-18(10-20,15(24)25)14(23)13(22)12(21)9-11-7-5-4-6-8-11/h4-8,12-14,20-23H,9-10H2,1-3H3,(H,19,26)(H,24,25). The van der Waals surface area contributed by atoms with E-state index in [1.54, 1.807) is 51.1 Å². The maximum absolute atomic E-state index is 12.0. The van der Waals surface area contributed by atoms with Gasteiger partial charge in [0.1, 0.15) is 17.8 Å². The molecule has 0 saturated carbocycles. The van der Waals surface area contributed by atoms with Gasteiger partial charge in [0.05, 0.1) is 12.7 Å². The van der Waals surface area contributed by atoms with Crippen LogP contribution >= 0.6 is 0 Å². The SMILES string of the molecule is CC(C)(C)OC(=O)NC(CO)(C(=O)O)C(O)C(O)C(O)Cc1ccccc1. The number of alkyl carbamates (subject to hydrolysis) is 1. The number of carboxylic acid groups (broad SMARTS) is 1. The minimum atomic E-state index is -2.67. The second kappa shape index (κ2) is 9.14. The maximum atomic E-state index is 12.0. The van der Waals surface area contributed by atoms with Crippen LogP contribution in [0.25, 0.3) is 0 Å². The van der Waals surface area contributed by atoms with Crippen molar-refractivity contribution in [2.24, 2.45) is 0 Å². The molecule has 0 spiro atoms. The van der Waals surface area contributed by atoms with Crippen LogP contribution in [0.1, 0.15) is 26.3 Å². The van der Waals surface area contributed by atoms with E-state index < -0.39 is 48.1 Å². The van der Waals surface area contributed by atoms with E-state index >= 15 is 0 Å². The molecule has 0 aliphatic heterocycles. The van der Waals surface area contributed by atoms with Crippen molar-refractivity contribution in [3.8, 4) is 0 Å². The minimum absolute atomic E-state index is 0.0768. The number of carboxylic acids is 1. The van der Waals surface area contributed by atoms with Gasteiger partial charge in [-0.15, -0.1) is 0 Å². The van der Waals surface area contributed by atoms with Crippen LogP contribution in [0.3, 0.4) is 0 Å². The van der Waals surface area contributed by atoms with Crippen molar-refractivity contribution < 1.29 is 39.9 Å². The van der Waals surface area contributed by atoms with E-state index in [2.05, 4.69) is 0 Å². The molecule has 1 aromatic rings. The van der Waals surface area contributed by atoms with E-state index in [1.165, 1.54) is 0 Å². The Morgan fingerprint density at radius 2 is 1.67 bits per heavy atom. The zero-order valence-corrected chi connectivity index (χ0v) is 15.5. The van der Waals surface area contributed by atoms with Crippen LogP contribution in [0, 0.1) is 0 Å². The summed E-state index contributed by atoms with van der Waals surface area (Å²) in [5.41, 5.74) is -2.99. The molecule has 0 aliphatic rings. The summed E-state index contributed by atoms with van der Waals surface area (Å²) < 4.78 is 4.95. The molecule has 27 heavy (non-hydrogen) atoms. The van der Waals surface area contributed by atoms with E-state index in [-0.39, 0.29) is 6.42 Å². The third-order valence-electron chi connectivity index (χ3n) is 3.87. The lowest BCUT2D eigenvalue weighted by Gasteiger charge is -2.37. The number of carbonyl (C=O) groups is 2. The van der Waals surface area contributed by atoms with Crippen LogP contribution in [-0.4, -0.2) is 73.7 Å². The number of benzene rings is 1. The lowest BCUT2D eigenvalue weighted by atomic mass is 9.86. The zero-order chi connectivity index (χ0) is 20.8. The molecule has 9 nitrogen and oxygen atoms in total. The van der Waals surface area contributed by atoms with Crippen molar-refractivity contribution in [3.05, 3.63) is 35.9 Å². The van der Waals surface area contributed by atoms with Crippen molar-refractivity contribution in [1.29, 1.82) is 0 Å². The third kappa shape index (κ3) is 6.17. The van der Waals surface area contributed by atoms with Crippen molar-refractivity contribution in [2.45, 2.75) is 56.6 Å². The Balaban J connectivity index is 3.00. The fourth-order valence-corrected chi connectivity index (χ4v) is 2.42. The van der Waals surface area contributed by atoms with Crippen LogP contribution < -0.4 is 5.32 Å². The molecule has 0 aliphatic carbocycles. The van der Waals surface area contributed by atoms with Gasteiger partial charge >= 0.3 is 12.1 Å². The summed E-state index contributed by atoms with van der Waals surface area (Å²) in [5, 5.41) is 51.8. The molecule has 0 aromatic heterocycles. The van der Waals surface area contributed by atoms with Gasteiger partial charge < -0.3 is 35.6 Å². The average molecular weight is 385 g/mol. The van der Waals surface area contributed by atoms with Crippen LogP contribution in [-0.2, 0) is 16.0 Å². The topological polar surface area (TPSA) is 157 Å². The molecule has 0 heterocycles. The molecule has 1 amide bonds. The van der Waals surface area contributed by atoms with Gasteiger partial charge in [-0.05, 0) is 26.3 Å². The molecule has 4 unspecified atom stereocenters. The molecule has 6 N–H and O–H groups in total. The number of carbonyl (C=O) groups excluding carboxylic acids is 1. The first-order valence-corrected chi connectivity index (χ1v) is 8.36. The second-order valence-electron chi connectivity index (χ2n) is 7.25. The number of amides is 1. The smallest absolute Gasteiger partial charge is 0.408 e. The summed E-state index contributed by atoms with van der Waals surface area (Å²) in [6, 6.07) is 8.54. The minimum Gasteiger partial charge on any atom is -0.479 e. The lowest BCUT2D eigenvalue weighted by molar-refractivity contribution is -0.163. The average Bonchev–Trinajstić information content (AvgIpc) is 2.57. The van der Waals surface area contributed by atoms with E-state index in [1.807, 2.05) is 5.32 Å². The maximum Gasteiger partial charge on any atom is 0.408 e. The number of ether oxygens (including phenoxy) is 1. The van der Waals surface area contributed by atoms with Gasteiger partial charge in [0.25, 0.3) is 0 Å². The number of rotatable bonds is 8. The number of hydrogen-bond acceptors (Lipinski definition) is 7. The normalized spacial score (nSPS) is 17.3. The Morgan fingerprint density at radius 1 is 1.11 bits per heavy atom. The monoisotopic (exact) mass is 385 g/mol. The van der Waals surface area contributed by atoms with Crippen LogP contribution in [0.5, 0.6) is 0 Å². The predicted molar refractivity (Wildman–Crippen MR) is 95.0 cm³/mol. The van der Waals surface area contributed by atoms with Gasteiger partial charge in [0.2, 0.25) is 0 Å². The van der Waals surface area contributed by atoms with Crippen molar-refractivity contribution in [2.75, 3.05) is 6.61 Å². The number of aliphatic hydroxyl groups excluding tert-OH is 4. The Kier molecular flexibility index (Phi) is 7.73. The molecule has 0 saturated heterocycles. The van der Waals surface area contributed by atoms with Crippen molar-refractivity contribution in [1.82, 2.24) is 5.32 Å². The fourth-order valence-electron chi connectivity index (χ4n) is 2.42. The van der Waals surface area contributed by atoms with E-state index in [0.717, 1.165) is 0 Å². The number of hydrogen-bond donors (Lipinski definition) is 6. The van der Waals surface area contributed by atoms with Gasteiger partial charge in [-0.3, -0.25) is 0 Å². The predicted octanol–water partition coefficient (Wildman–Crippen LogP) is -0.348. The summed E-state index contributed by atoms with van der Waals surface area (Å²) in [4.78, 5) is 23.7. The highest BCUT2D eigenvalue weighted by Gasteiger charge is 2.51. The first-order valence-electron chi connectivity index (χ1n) is 8.36. The molecule has 0 bridgehead atoms. The Bertz CT molecular complexity index is 630. The number of aliphatic hydroxyl groups is 4. The molecule has 0 fully saturated rings. The lowest BCUT2D eigenvalue weighted by Crippen LogP contribution is -2.69. The summed E-state index contributed by atoms with van der Waals surface area (Å²) in [6.45, 7) is 3.40. The van der Waals surface area contributed by atoms with Gasteiger partial charge in [-0.1, -0.05) is 30.3 Å². The van der Waals surface area contributed by atoms with Gasteiger partial charge in [0, 0.05) is 6.42 Å². The molecule has 9 heteroatoms. The van der Waals surface area contributed by atoms with Crippen LogP contribution in [0.15, 0.2) is 30.3 Å². The summed E-state index contributed by atoms with van der Waals surface area (Å²) in [6.07, 6.45) is -7.02. The van der Waals surface area contributed by atoms with Crippen LogP contribution in [0.2, 0.25) is 0 Å². The number of aliphatic carboxylic acids is 1. The van der Waals surface area contributed by atoms with E-state index in [0.29, 0.717) is 5.56 Å². The Morgan fingerprint density at radius 3 is 2.11 bits per heavy atom.